The predicted octanol–water partition coefficient (Wildman–Crippen LogP) is 4.08. The maximum Gasteiger partial charge on any atom is 0.133 e. The number of hydrogen-bond donors (Lipinski definition) is 0. The van der Waals surface area contributed by atoms with E-state index in [0.29, 0.717) is 0 Å². The molecule has 1 aliphatic rings. The third-order valence-corrected chi connectivity index (χ3v) is 4.02. The van der Waals surface area contributed by atoms with E-state index in [9.17, 15) is 0 Å². The number of benzene rings is 1. The van der Waals surface area contributed by atoms with Crippen LogP contribution in [0.5, 0.6) is 11.5 Å². The molecular weight excluding hydrogens is 276 g/mol. The van der Waals surface area contributed by atoms with Gasteiger partial charge in [0.05, 0.1) is 12.8 Å². The molecule has 0 bridgehead atoms. The number of methoxy groups -OCH3 is 1. The molecule has 22 heavy (non-hydrogen) atoms. The second-order valence-electron chi connectivity index (χ2n) is 7.22. The summed E-state index contributed by atoms with van der Waals surface area (Å²) >= 11 is 0. The summed E-state index contributed by atoms with van der Waals surface area (Å²) in [5.74, 6) is 1.56. The molecule has 0 radical (unpaired) electrons. The SMILES string of the molecule is COc1ccc2c(c1)OC(C)(C)c1cc(C(C)(C)C)nnc1-2. The molecule has 0 saturated heterocycles. The smallest absolute Gasteiger partial charge is 0.133 e. The highest BCUT2D eigenvalue weighted by molar-refractivity contribution is 5.74. The number of hydrogen-bond acceptors (Lipinski definition) is 4. The second-order valence-corrected chi connectivity index (χ2v) is 7.22. The Morgan fingerprint density at radius 2 is 1.82 bits per heavy atom. The van der Waals surface area contributed by atoms with Crippen LogP contribution < -0.4 is 9.47 Å². The lowest BCUT2D eigenvalue weighted by atomic mass is 9.85. The van der Waals surface area contributed by atoms with Crippen molar-refractivity contribution in [2.24, 2.45) is 0 Å². The maximum atomic E-state index is 6.21. The van der Waals surface area contributed by atoms with Crippen molar-refractivity contribution >= 4 is 0 Å². The molecule has 3 rings (SSSR count). The number of fused-ring (bicyclic) bond motifs is 3. The molecule has 0 fully saturated rings. The predicted molar refractivity (Wildman–Crippen MR) is 86.4 cm³/mol. The van der Waals surface area contributed by atoms with E-state index >= 15 is 0 Å². The van der Waals surface area contributed by atoms with Crippen molar-refractivity contribution in [1.82, 2.24) is 10.2 Å². The van der Waals surface area contributed by atoms with Gasteiger partial charge in [-0.05, 0) is 32.0 Å². The van der Waals surface area contributed by atoms with Crippen molar-refractivity contribution in [1.29, 1.82) is 0 Å². The highest BCUT2D eigenvalue weighted by Crippen LogP contribution is 2.45. The molecule has 0 spiro atoms. The Morgan fingerprint density at radius 1 is 1.09 bits per heavy atom. The summed E-state index contributed by atoms with van der Waals surface area (Å²) in [6.07, 6.45) is 0. The van der Waals surface area contributed by atoms with Gasteiger partial charge in [0.25, 0.3) is 0 Å². The summed E-state index contributed by atoms with van der Waals surface area (Å²) in [7, 11) is 1.65. The third kappa shape index (κ3) is 2.32. The summed E-state index contributed by atoms with van der Waals surface area (Å²) in [4.78, 5) is 0. The van der Waals surface area contributed by atoms with Crippen LogP contribution in [0.1, 0.15) is 45.9 Å². The van der Waals surface area contributed by atoms with Gasteiger partial charge in [0.2, 0.25) is 0 Å². The van der Waals surface area contributed by atoms with Crippen LogP contribution in [-0.4, -0.2) is 17.3 Å². The van der Waals surface area contributed by atoms with Crippen LogP contribution in [-0.2, 0) is 11.0 Å². The molecule has 0 aliphatic carbocycles. The van der Waals surface area contributed by atoms with Crippen LogP contribution in [0, 0.1) is 0 Å². The van der Waals surface area contributed by atoms with Crippen LogP contribution in [0.2, 0.25) is 0 Å². The molecule has 1 aliphatic heterocycles. The minimum atomic E-state index is -0.454. The fourth-order valence-corrected chi connectivity index (χ4v) is 2.66. The molecule has 0 atom stereocenters. The van der Waals surface area contributed by atoms with Crippen molar-refractivity contribution in [3.05, 3.63) is 35.5 Å². The van der Waals surface area contributed by atoms with Crippen molar-refractivity contribution in [3.63, 3.8) is 0 Å². The average Bonchev–Trinajstić information content (AvgIpc) is 2.44. The van der Waals surface area contributed by atoms with Crippen molar-refractivity contribution in [2.75, 3.05) is 7.11 Å². The van der Waals surface area contributed by atoms with E-state index in [1.807, 2.05) is 18.2 Å². The zero-order valence-electron chi connectivity index (χ0n) is 14.0. The standard InChI is InChI=1S/C18H22N2O2/c1-17(2,3)15-10-13-16(20-19-15)12-8-7-11(21-6)9-14(12)22-18(13,4)5/h7-10H,1-6H3. The van der Waals surface area contributed by atoms with Gasteiger partial charge in [-0.25, -0.2) is 0 Å². The Kier molecular flexibility index (Phi) is 3.17. The van der Waals surface area contributed by atoms with Gasteiger partial charge in [0.15, 0.2) is 0 Å². The lowest BCUT2D eigenvalue weighted by Gasteiger charge is -2.35. The summed E-state index contributed by atoms with van der Waals surface area (Å²) < 4.78 is 11.5. The van der Waals surface area contributed by atoms with Crippen LogP contribution in [0.4, 0.5) is 0 Å². The first-order valence-electron chi connectivity index (χ1n) is 7.48. The molecule has 0 saturated carbocycles. The normalized spacial score (nSPS) is 15.5. The van der Waals surface area contributed by atoms with E-state index in [4.69, 9.17) is 9.47 Å². The summed E-state index contributed by atoms with van der Waals surface area (Å²) in [6.45, 7) is 10.5. The van der Waals surface area contributed by atoms with Gasteiger partial charge in [-0.15, -0.1) is 5.10 Å². The third-order valence-electron chi connectivity index (χ3n) is 4.02. The molecule has 0 N–H and O–H groups in total. The summed E-state index contributed by atoms with van der Waals surface area (Å²) in [5, 5.41) is 8.94. The first-order chi connectivity index (χ1) is 10.2. The number of aromatic nitrogens is 2. The highest BCUT2D eigenvalue weighted by Gasteiger charge is 2.35. The minimum absolute atomic E-state index is 0.0434. The summed E-state index contributed by atoms with van der Waals surface area (Å²) in [6, 6.07) is 7.92. The van der Waals surface area contributed by atoms with Gasteiger partial charge in [-0.2, -0.15) is 5.10 Å². The van der Waals surface area contributed by atoms with Gasteiger partial charge in [-0.1, -0.05) is 20.8 Å². The maximum absolute atomic E-state index is 6.21. The molecule has 2 heterocycles. The zero-order chi connectivity index (χ0) is 16.1. The van der Waals surface area contributed by atoms with E-state index < -0.39 is 5.60 Å². The quantitative estimate of drug-likeness (QED) is 0.796. The van der Waals surface area contributed by atoms with Gasteiger partial charge >= 0.3 is 0 Å². The van der Waals surface area contributed by atoms with Crippen LogP contribution in [0.3, 0.4) is 0 Å². The zero-order valence-corrected chi connectivity index (χ0v) is 14.0. The minimum Gasteiger partial charge on any atom is -0.497 e. The molecule has 116 valence electrons. The van der Waals surface area contributed by atoms with E-state index in [1.165, 1.54) is 0 Å². The van der Waals surface area contributed by atoms with E-state index in [2.05, 4.69) is 50.9 Å². The molecule has 1 aromatic heterocycles. The Balaban J connectivity index is 2.22. The molecule has 4 heteroatoms. The number of ether oxygens (including phenoxy) is 2. The topological polar surface area (TPSA) is 44.2 Å². The number of nitrogens with zero attached hydrogens (tertiary/aromatic N) is 2. The molecule has 4 nitrogen and oxygen atoms in total. The highest BCUT2D eigenvalue weighted by atomic mass is 16.5. The molecule has 0 amide bonds. The van der Waals surface area contributed by atoms with E-state index in [0.717, 1.165) is 34.0 Å². The Bertz CT molecular complexity index is 730. The van der Waals surface area contributed by atoms with Crippen LogP contribution in [0.25, 0.3) is 11.3 Å². The van der Waals surface area contributed by atoms with Crippen LogP contribution in [0.15, 0.2) is 24.3 Å². The largest absolute Gasteiger partial charge is 0.497 e. The van der Waals surface area contributed by atoms with Crippen molar-refractivity contribution in [2.45, 2.75) is 45.6 Å². The average molecular weight is 298 g/mol. The van der Waals surface area contributed by atoms with Crippen molar-refractivity contribution < 1.29 is 9.47 Å². The Labute approximate surface area is 131 Å². The van der Waals surface area contributed by atoms with Gasteiger partial charge in [0.1, 0.15) is 22.8 Å². The first kappa shape index (κ1) is 14.8. The second kappa shape index (κ2) is 4.70. The monoisotopic (exact) mass is 298 g/mol. The molecule has 2 aromatic rings. The Morgan fingerprint density at radius 3 is 2.45 bits per heavy atom. The summed E-state index contributed by atoms with van der Waals surface area (Å²) in [5.41, 5.74) is 3.40. The lowest BCUT2D eigenvalue weighted by molar-refractivity contribution is 0.104. The van der Waals surface area contributed by atoms with Gasteiger partial charge in [-0.3, -0.25) is 0 Å². The molecule has 0 unspecified atom stereocenters. The first-order valence-corrected chi connectivity index (χ1v) is 7.48. The lowest BCUT2D eigenvalue weighted by Crippen LogP contribution is -2.31. The fraction of sp³-hybridized carbons (Fsp3) is 0.444. The molecule has 1 aromatic carbocycles. The van der Waals surface area contributed by atoms with Gasteiger partial charge in [0, 0.05) is 22.6 Å². The number of rotatable bonds is 1. The molecular formula is C18H22N2O2. The Hall–Kier alpha value is -2.10. The van der Waals surface area contributed by atoms with E-state index in [-0.39, 0.29) is 5.41 Å². The fourth-order valence-electron chi connectivity index (χ4n) is 2.66. The van der Waals surface area contributed by atoms with Crippen molar-refractivity contribution in [3.8, 4) is 22.8 Å². The van der Waals surface area contributed by atoms with E-state index in [1.54, 1.807) is 7.11 Å². The van der Waals surface area contributed by atoms with Crippen LogP contribution >= 0.6 is 0 Å². The van der Waals surface area contributed by atoms with Gasteiger partial charge < -0.3 is 9.47 Å².